The number of nitrogens with one attached hydrogen (secondary N) is 1. The summed E-state index contributed by atoms with van der Waals surface area (Å²) in [4.78, 5) is 16.6. The number of hydrogen-bond donors (Lipinski definition) is 1. The van der Waals surface area contributed by atoms with Crippen LogP contribution in [0.2, 0.25) is 0 Å². The predicted molar refractivity (Wildman–Crippen MR) is 116 cm³/mol. The van der Waals surface area contributed by atoms with Gasteiger partial charge in [-0.3, -0.25) is 4.79 Å². The van der Waals surface area contributed by atoms with Crippen LogP contribution in [0, 0.1) is 18.3 Å². The second-order valence-electron chi connectivity index (χ2n) is 6.33. The van der Waals surface area contributed by atoms with E-state index in [4.69, 9.17) is 14.7 Å². The molecule has 0 unspecified atom stereocenters. The molecule has 152 valence electrons. The van der Waals surface area contributed by atoms with Crippen LogP contribution in [0.1, 0.15) is 21.8 Å². The summed E-state index contributed by atoms with van der Waals surface area (Å²) in [6.45, 7) is 2.68. The second kappa shape index (κ2) is 10.8. The lowest BCUT2D eigenvalue weighted by molar-refractivity contribution is -0.116. The molecule has 6 nitrogen and oxygen atoms in total. The van der Waals surface area contributed by atoms with Crippen LogP contribution >= 0.6 is 11.3 Å². The third-order valence-corrected chi connectivity index (χ3v) is 4.87. The van der Waals surface area contributed by atoms with Gasteiger partial charge < -0.3 is 14.8 Å². The van der Waals surface area contributed by atoms with Gasteiger partial charge in [-0.05, 0) is 36.8 Å². The van der Waals surface area contributed by atoms with E-state index in [2.05, 4.69) is 10.3 Å². The largest absolute Gasteiger partial charge is 0.487 e. The number of nitriles is 1. The standard InChI is InChI=1S/C23H21N3O3S/c1-17-26-20(16-30-17)15-29-22-8-3-2-6-19(22)9-10-23(27)25-14-18-5-4-7-21(13-18)28-12-11-24/h2-10,13,16H,12,14-15H2,1H3,(H,25,27)/b10-9+. The van der Waals surface area contributed by atoms with Crippen LogP contribution in [0.4, 0.5) is 0 Å². The first-order valence-corrected chi connectivity index (χ1v) is 10.2. The van der Waals surface area contributed by atoms with Crippen molar-refractivity contribution in [1.29, 1.82) is 5.26 Å². The molecule has 0 fully saturated rings. The summed E-state index contributed by atoms with van der Waals surface area (Å²) in [5, 5.41) is 14.4. The Balaban J connectivity index is 1.55. The van der Waals surface area contributed by atoms with Crippen molar-refractivity contribution >= 4 is 23.3 Å². The van der Waals surface area contributed by atoms with Crippen LogP contribution in [-0.2, 0) is 17.9 Å². The van der Waals surface area contributed by atoms with Crippen molar-refractivity contribution in [2.45, 2.75) is 20.1 Å². The van der Waals surface area contributed by atoms with Gasteiger partial charge in [0.25, 0.3) is 0 Å². The number of nitrogens with zero attached hydrogens (tertiary/aromatic N) is 2. The molecule has 3 rings (SSSR count). The van der Waals surface area contributed by atoms with E-state index in [0.29, 0.717) is 24.7 Å². The Kier molecular flexibility index (Phi) is 7.58. The number of carbonyl (C=O) groups excluding carboxylic acids is 1. The van der Waals surface area contributed by atoms with Gasteiger partial charge in [-0.1, -0.05) is 30.3 Å². The van der Waals surface area contributed by atoms with Crippen LogP contribution in [0.25, 0.3) is 6.08 Å². The number of thiazole rings is 1. The fourth-order valence-corrected chi connectivity index (χ4v) is 3.25. The molecule has 0 spiro atoms. The summed E-state index contributed by atoms with van der Waals surface area (Å²) in [6, 6.07) is 16.7. The Morgan fingerprint density at radius 2 is 2.10 bits per heavy atom. The smallest absolute Gasteiger partial charge is 0.244 e. The number of carbonyl (C=O) groups is 1. The first-order valence-electron chi connectivity index (χ1n) is 9.31. The summed E-state index contributed by atoms with van der Waals surface area (Å²) >= 11 is 1.59. The lowest BCUT2D eigenvalue weighted by Gasteiger charge is -2.08. The SMILES string of the molecule is Cc1nc(COc2ccccc2/C=C/C(=O)NCc2cccc(OCC#N)c2)cs1. The average molecular weight is 420 g/mol. The summed E-state index contributed by atoms with van der Waals surface area (Å²) in [6.07, 6.45) is 3.20. The molecule has 0 aliphatic carbocycles. The Hall–Kier alpha value is -3.63. The summed E-state index contributed by atoms with van der Waals surface area (Å²) in [5.74, 6) is 1.07. The highest BCUT2D eigenvalue weighted by Crippen LogP contribution is 2.21. The highest BCUT2D eigenvalue weighted by atomic mass is 32.1. The van der Waals surface area contributed by atoms with Crippen molar-refractivity contribution in [1.82, 2.24) is 10.3 Å². The fraction of sp³-hybridized carbons (Fsp3) is 0.174. The Bertz CT molecular complexity index is 1070. The molecule has 1 amide bonds. The third-order valence-electron chi connectivity index (χ3n) is 4.04. The normalized spacial score (nSPS) is 10.5. The van der Waals surface area contributed by atoms with Crippen molar-refractivity contribution in [2.75, 3.05) is 6.61 Å². The molecular weight excluding hydrogens is 398 g/mol. The molecule has 1 aromatic heterocycles. The number of para-hydroxylation sites is 1. The monoisotopic (exact) mass is 419 g/mol. The van der Waals surface area contributed by atoms with Gasteiger partial charge in [-0.15, -0.1) is 11.3 Å². The van der Waals surface area contributed by atoms with Crippen molar-refractivity contribution in [2.24, 2.45) is 0 Å². The van der Waals surface area contributed by atoms with Crippen LogP contribution in [0.15, 0.2) is 60.0 Å². The predicted octanol–water partition coefficient (Wildman–Crippen LogP) is 4.26. The number of hydrogen-bond acceptors (Lipinski definition) is 6. The van der Waals surface area contributed by atoms with Gasteiger partial charge in [-0.25, -0.2) is 4.98 Å². The van der Waals surface area contributed by atoms with E-state index in [0.717, 1.165) is 21.8 Å². The van der Waals surface area contributed by atoms with Crippen LogP contribution in [-0.4, -0.2) is 17.5 Å². The molecule has 1 N–H and O–H groups in total. The van der Waals surface area contributed by atoms with E-state index in [1.807, 2.05) is 54.8 Å². The summed E-state index contributed by atoms with van der Waals surface area (Å²) < 4.78 is 11.1. The van der Waals surface area contributed by atoms with Gasteiger partial charge in [0.2, 0.25) is 5.91 Å². The highest BCUT2D eigenvalue weighted by molar-refractivity contribution is 7.09. The topological polar surface area (TPSA) is 84.2 Å². The molecule has 1 heterocycles. The Morgan fingerprint density at radius 3 is 2.90 bits per heavy atom. The summed E-state index contributed by atoms with van der Waals surface area (Å²) in [7, 11) is 0. The zero-order valence-electron chi connectivity index (χ0n) is 16.5. The van der Waals surface area contributed by atoms with Gasteiger partial charge in [0, 0.05) is 23.6 Å². The average Bonchev–Trinajstić information content (AvgIpc) is 3.19. The number of aryl methyl sites for hydroxylation is 1. The molecule has 2 aromatic carbocycles. The maximum atomic E-state index is 12.2. The quantitative estimate of drug-likeness (QED) is 0.524. The maximum absolute atomic E-state index is 12.2. The minimum Gasteiger partial charge on any atom is -0.487 e. The van der Waals surface area contributed by atoms with Gasteiger partial charge >= 0.3 is 0 Å². The molecule has 0 saturated heterocycles. The van der Waals surface area contributed by atoms with Gasteiger partial charge in [0.15, 0.2) is 6.61 Å². The van der Waals surface area contributed by atoms with E-state index < -0.39 is 0 Å². The first-order chi connectivity index (χ1) is 14.6. The number of ether oxygens (including phenoxy) is 2. The molecule has 0 atom stereocenters. The molecule has 0 bridgehead atoms. The molecule has 7 heteroatoms. The zero-order chi connectivity index (χ0) is 21.2. The zero-order valence-corrected chi connectivity index (χ0v) is 17.3. The van der Waals surface area contributed by atoms with Crippen LogP contribution in [0.5, 0.6) is 11.5 Å². The number of benzene rings is 2. The lowest BCUT2D eigenvalue weighted by Crippen LogP contribution is -2.20. The number of aromatic nitrogens is 1. The Labute approximate surface area is 179 Å². The molecule has 0 aliphatic heterocycles. The van der Waals surface area contributed by atoms with E-state index in [1.165, 1.54) is 6.08 Å². The van der Waals surface area contributed by atoms with E-state index in [9.17, 15) is 4.79 Å². The van der Waals surface area contributed by atoms with Crippen molar-refractivity contribution in [3.8, 4) is 17.6 Å². The van der Waals surface area contributed by atoms with Crippen molar-refractivity contribution in [3.05, 3.63) is 81.8 Å². The van der Waals surface area contributed by atoms with Gasteiger partial charge in [-0.2, -0.15) is 5.26 Å². The number of rotatable bonds is 9. The molecule has 30 heavy (non-hydrogen) atoms. The van der Waals surface area contributed by atoms with Crippen molar-refractivity contribution < 1.29 is 14.3 Å². The minimum absolute atomic E-state index is 0.0118. The summed E-state index contributed by atoms with van der Waals surface area (Å²) in [5.41, 5.74) is 2.58. The third kappa shape index (κ3) is 6.47. The molecule has 3 aromatic rings. The Morgan fingerprint density at radius 1 is 1.23 bits per heavy atom. The maximum Gasteiger partial charge on any atom is 0.244 e. The van der Waals surface area contributed by atoms with Crippen molar-refractivity contribution in [3.63, 3.8) is 0 Å². The molecular formula is C23H21N3O3S. The van der Waals surface area contributed by atoms with E-state index >= 15 is 0 Å². The van der Waals surface area contributed by atoms with Gasteiger partial charge in [0.05, 0.1) is 10.7 Å². The first kappa shape index (κ1) is 21.1. The molecule has 0 aliphatic rings. The highest BCUT2D eigenvalue weighted by Gasteiger charge is 2.04. The van der Waals surface area contributed by atoms with Crippen LogP contribution in [0.3, 0.4) is 0 Å². The minimum atomic E-state index is -0.219. The lowest BCUT2D eigenvalue weighted by atomic mass is 10.2. The number of amides is 1. The molecule has 0 saturated carbocycles. The molecule has 0 radical (unpaired) electrons. The second-order valence-corrected chi connectivity index (χ2v) is 7.39. The van der Waals surface area contributed by atoms with E-state index in [1.54, 1.807) is 29.5 Å². The van der Waals surface area contributed by atoms with E-state index in [-0.39, 0.29) is 12.5 Å². The van der Waals surface area contributed by atoms with Crippen LogP contribution < -0.4 is 14.8 Å². The van der Waals surface area contributed by atoms with Gasteiger partial charge in [0.1, 0.15) is 24.2 Å². The fourth-order valence-electron chi connectivity index (χ4n) is 2.65.